The number of rotatable bonds is 0. The predicted octanol–water partition coefficient (Wildman–Crippen LogP) is 2.07. The largest absolute Gasteiger partial charge is 0.506 e. The summed E-state index contributed by atoms with van der Waals surface area (Å²) in [6, 6.07) is 6.76. The molecular weight excluding hydrogens is 300 g/mol. The smallest absolute Gasteiger partial charge is 0.150 e. The first-order valence-corrected chi connectivity index (χ1v) is 9.10. The number of aromatic hydroxyl groups is 1. The third-order valence-electron chi connectivity index (χ3n) is 7.82. The standard InChI is InChI=1S/C20H22N2O2/c1-3-10-9-22-13-7-11(10)16-14(22)8-20(19(16)24)12-5-4-6-15(23)17(12)21(2)18(13)20/h3-6,11,13-14,16,18,23H,7-9H2,1-2H3/b10-3-/t11-,13-,14-,16+,18-,20+/m0/s1. The molecule has 1 aromatic carbocycles. The minimum absolute atomic E-state index is 0.160. The van der Waals surface area contributed by atoms with Crippen LogP contribution in [0, 0.1) is 11.8 Å². The number of anilines is 1. The third-order valence-corrected chi connectivity index (χ3v) is 7.82. The van der Waals surface area contributed by atoms with Crippen LogP contribution in [0.3, 0.4) is 0 Å². The van der Waals surface area contributed by atoms with Crippen molar-refractivity contribution in [1.82, 2.24) is 4.90 Å². The van der Waals surface area contributed by atoms with Crippen LogP contribution in [0.5, 0.6) is 5.75 Å². The van der Waals surface area contributed by atoms with Crippen molar-refractivity contribution in [2.75, 3.05) is 18.5 Å². The number of likely N-dealkylation sites (N-methyl/N-ethyl adjacent to an activating group) is 1. The van der Waals surface area contributed by atoms with Crippen LogP contribution in [-0.2, 0) is 10.2 Å². The lowest BCUT2D eigenvalue weighted by Gasteiger charge is -2.58. The molecule has 5 bridgehead atoms. The Morgan fingerprint density at radius 3 is 2.96 bits per heavy atom. The number of hydrogen-bond donors (Lipinski definition) is 1. The fourth-order valence-corrected chi connectivity index (χ4v) is 7.14. The number of phenolic OH excluding ortho intramolecular Hbond substituents is 1. The summed E-state index contributed by atoms with van der Waals surface area (Å²) in [4.78, 5) is 18.6. The van der Waals surface area contributed by atoms with Crippen LogP contribution >= 0.6 is 0 Å². The maximum atomic E-state index is 13.8. The molecule has 0 aromatic heterocycles. The molecule has 4 nitrogen and oxygen atoms in total. The topological polar surface area (TPSA) is 43.8 Å². The Bertz CT molecular complexity index is 831. The maximum absolute atomic E-state index is 13.8. The van der Waals surface area contributed by atoms with Crippen LogP contribution in [0.2, 0.25) is 0 Å². The highest BCUT2D eigenvalue weighted by atomic mass is 16.3. The van der Waals surface area contributed by atoms with E-state index < -0.39 is 5.41 Å². The molecule has 5 aliphatic heterocycles. The molecule has 7 rings (SSSR count). The first kappa shape index (κ1) is 13.5. The van der Waals surface area contributed by atoms with Gasteiger partial charge in [0.2, 0.25) is 0 Å². The number of Topliss-reactive ketones (excluding diaryl/α,β-unsaturated/α-hetero) is 1. The molecule has 4 saturated heterocycles. The average molecular weight is 322 g/mol. The van der Waals surface area contributed by atoms with Crippen molar-refractivity contribution in [3.8, 4) is 5.75 Å². The van der Waals surface area contributed by atoms with Gasteiger partial charge in [0.15, 0.2) is 5.78 Å². The minimum Gasteiger partial charge on any atom is -0.506 e. The number of ketones is 1. The second-order valence-electron chi connectivity index (χ2n) is 8.31. The van der Waals surface area contributed by atoms with Gasteiger partial charge in [0.05, 0.1) is 17.1 Å². The first-order valence-electron chi connectivity index (χ1n) is 9.10. The Hall–Kier alpha value is -1.81. The summed E-state index contributed by atoms with van der Waals surface area (Å²) in [5.41, 5.74) is 3.06. The van der Waals surface area contributed by atoms with Gasteiger partial charge in [0.25, 0.3) is 0 Å². The summed E-state index contributed by atoms with van der Waals surface area (Å²) in [7, 11) is 2.07. The van der Waals surface area contributed by atoms with Gasteiger partial charge in [-0.3, -0.25) is 9.69 Å². The van der Waals surface area contributed by atoms with E-state index in [-0.39, 0.29) is 12.0 Å². The number of para-hydroxylation sites is 1. The molecule has 24 heavy (non-hydrogen) atoms. The number of carbonyl (C=O) groups excluding carboxylic acids is 1. The molecule has 124 valence electrons. The van der Waals surface area contributed by atoms with Gasteiger partial charge in [-0.25, -0.2) is 0 Å². The Balaban J connectivity index is 1.64. The number of carbonyl (C=O) groups is 1. The summed E-state index contributed by atoms with van der Waals surface area (Å²) in [5.74, 6) is 1.37. The maximum Gasteiger partial charge on any atom is 0.150 e. The molecule has 0 amide bonds. The molecule has 5 heterocycles. The summed E-state index contributed by atoms with van der Waals surface area (Å²) >= 11 is 0. The quantitative estimate of drug-likeness (QED) is 0.743. The lowest BCUT2D eigenvalue weighted by molar-refractivity contribution is -0.126. The normalized spacial score (nSPS) is 48.3. The van der Waals surface area contributed by atoms with Gasteiger partial charge in [0, 0.05) is 31.6 Å². The van der Waals surface area contributed by atoms with Crippen molar-refractivity contribution >= 4 is 11.5 Å². The van der Waals surface area contributed by atoms with Crippen molar-refractivity contribution < 1.29 is 9.90 Å². The molecule has 1 aliphatic carbocycles. The lowest BCUT2D eigenvalue weighted by Crippen LogP contribution is -2.68. The Kier molecular flexibility index (Phi) is 2.18. The van der Waals surface area contributed by atoms with Crippen molar-refractivity contribution in [3.05, 3.63) is 35.4 Å². The SMILES string of the molecule is C/C=C1/CN2[C@H]3C[C@]45C(=O)[C@@H]3[C@H]1C[C@H]2[C@@H]4N(C)c1c(O)cccc15. The van der Waals surface area contributed by atoms with Crippen LogP contribution in [0.1, 0.15) is 25.3 Å². The van der Waals surface area contributed by atoms with Gasteiger partial charge in [-0.05, 0) is 37.3 Å². The molecule has 1 N–H and O–H groups in total. The van der Waals surface area contributed by atoms with Crippen LogP contribution in [0.25, 0.3) is 0 Å². The number of allylic oxidation sites excluding steroid dienone is 1. The number of nitrogens with zero attached hydrogens (tertiary/aromatic N) is 2. The summed E-state index contributed by atoms with van der Waals surface area (Å²) in [5, 5.41) is 10.5. The molecule has 1 saturated carbocycles. The monoisotopic (exact) mass is 322 g/mol. The van der Waals surface area contributed by atoms with Crippen LogP contribution in [0.4, 0.5) is 5.69 Å². The highest BCUT2D eigenvalue weighted by Gasteiger charge is 2.74. The highest BCUT2D eigenvalue weighted by Crippen LogP contribution is 2.67. The molecule has 4 heteroatoms. The van der Waals surface area contributed by atoms with Gasteiger partial charge in [-0.2, -0.15) is 0 Å². The average Bonchev–Trinajstić information content (AvgIpc) is 2.98. The van der Waals surface area contributed by atoms with Crippen molar-refractivity contribution in [3.63, 3.8) is 0 Å². The van der Waals surface area contributed by atoms with E-state index >= 15 is 0 Å². The second kappa shape index (κ2) is 3.88. The van der Waals surface area contributed by atoms with Gasteiger partial charge in [0.1, 0.15) is 5.75 Å². The fourth-order valence-electron chi connectivity index (χ4n) is 7.14. The van der Waals surface area contributed by atoms with Gasteiger partial charge >= 0.3 is 0 Å². The Morgan fingerprint density at radius 1 is 1.33 bits per heavy atom. The zero-order valence-corrected chi connectivity index (χ0v) is 14.1. The Labute approximate surface area is 141 Å². The number of piperidine rings is 4. The first-order chi connectivity index (χ1) is 11.6. The molecule has 5 fully saturated rings. The van der Waals surface area contributed by atoms with E-state index in [1.165, 1.54) is 5.57 Å². The molecule has 1 spiro atoms. The molecular formula is C20H22N2O2. The van der Waals surface area contributed by atoms with Crippen molar-refractivity contribution in [2.24, 2.45) is 11.8 Å². The van der Waals surface area contributed by atoms with Crippen LogP contribution < -0.4 is 4.90 Å². The van der Waals surface area contributed by atoms with Crippen LogP contribution in [-0.4, -0.2) is 47.5 Å². The van der Waals surface area contributed by atoms with E-state index in [9.17, 15) is 9.90 Å². The zero-order chi connectivity index (χ0) is 16.4. The van der Waals surface area contributed by atoms with Gasteiger partial charge in [-0.15, -0.1) is 0 Å². The molecule has 1 unspecified atom stereocenters. The summed E-state index contributed by atoms with van der Waals surface area (Å²) < 4.78 is 0. The predicted molar refractivity (Wildman–Crippen MR) is 91.2 cm³/mol. The summed E-state index contributed by atoms with van der Waals surface area (Å²) in [6.07, 6.45) is 4.27. The number of phenols is 1. The summed E-state index contributed by atoms with van der Waals surface area (Å²) in [6.45, 7) is 3.15. The van der Waals surface area contributed by atoms with E-state index in [0.717, 1.165) is 30.6 Å². The molecule has 7 atom stereocenters. The van der Waals surface area contributed by atoms with E-state index in [2.05, 4.69) is 35.9 Å². The Morgan fingerprint density at radius 2 is 2.17 bits per heavy atom. The number of fused-ring (bicyclic) bond motifs is 2. The van der Waals surface area contributed by atoms with Gasteiger partial charge in [-0.1, -0.05) is 23.8 Å². The minimum atomic E-state index is -0.392. The van der Waals surface area contributed by atoms with E-state index in [1.54, 1.807) is 6.07 Å². The second-order valence-corrected chi connectivity index (χ2v) is 8.31. The molecule has 6 aliphatic rings. The van der Waals surface area contributed by atoms with Gasteiger partial charge < -0.3 is 10.0 Å². The van der Waals surface area contributed by atoms with E-state index in [1.807, 2.05) is 6.07 Å². The zero-order valence-electron chi connectivity index (χ0n) is 14.1. The fraction of sp³-hybridized carbons (Fsp3) is 0.550. The lowest BCUT2D eigenvalue weighted by atomic mass is 9.65. The highest BCUT2D eigenvalue weighted by molar-refractivity contribution is 6.02. The van der Waals surface area contributed by atoms with E-state index in [0.29, 0.717) is 29.5 Å². The number of hydrogen-bond acceptors (Lipinski definition) is 4. The van der Waals surface area contributed by atoms with Crippen molar-refractivity contribution in [2.45, 2.75) is 43.3 Å². The van der Waals surface area contributed by atoms with Crippen molar-refractivity contribution in [1.29, 1.82) is 0 Å². The molecule has 1 aromatic rings. The van der Waals surface area contributed by atoms with Crippen LogP contribution in [0.15, 0.2) is 29.8 Å². The van der Waals surface area contributed by atoms with E-state index in [4.69, 9.17) is 0 Å². The third kappa shape index (κ3) is 1.13. The molecule has 0 radical (unpaired) electrons. The number of benzene rings is 1.